The first-order valence-corrected chi connectivity index (χ1v) is 27.0. The predicted molar refractivity (Wildman–Crippen MR) is 297 cm³/mol. The lowest BCUT2D eigenvalue weighted by Gasteiger charge is -2.18. The van der Waals surface area contributed by atoms with Crippen molar-refractivity contribution in [3.8, 4) is 0 Å². The van der Waals surface area contributed by atoms with Gasteiger partial charge in [0, 0.05) is 19.3 Å². The van der Waals surface area contributed by atoms with E-state index in [0.29, 0.717) is 19.3 Å². The molecule has 0 aliphatic rings. The molecule has 0 saturated carbocycles. The minimum atomic E-state index is -0.856. The molecule has 0 radical (unpaired) electrons. The van der Waals surface area contributed by atoms with E-state index in [2.05, 4.69) is 167 Å². The second-order valence-electron chi connectivity index (χ2n) is 17.0. The second kappa shape index (κ2) is 55.6. The molecule has 0 aromatic heterocycles. The lowest BCUT2D eigenvalue weighted by atomic mass is 10.1. The van der Waals surface area contributed by atoms with E-state index < -0.39 is 12.1 Å². The first-order chi connectivity index (χ1) is 34.0. The predicted octanol–water partition coefficient (Wildman–Crippen LogP) is 18.2. The van der Waals surface area contributed by atoms with Crippen molar-refractivity contribution in [3.05, 3.63) is 158 Å². The van der Waals surface area contributed by atoms with Crippen molar-refractivity contribution >= 4 is 17.9 Å². The number of allylic oxidation sites excluding steroid dienone is 26. The normalized spacial score (nSPS) is 13.4. The van der Waals surface area contributed by atoms with Crippen LogP contribution < -0.4 is 0 Å². The Morgan fingerprint density at radius 3 is 1.00 bits per heavy atom. The summed E-state index contributed by atoms with van der Waals surface area (Å²) in [6, 6.07) is 0. The number of ether oxygens (including phenoxy) is 3. The van der Waals surface area contributed by atoms with Gasteiger partial charge in [0.25, 0.3) is 0 Å². The van der Waals surface area contributed by atoms with Gasteiger partial charge in [-0.05, 0) is 128 Å². The summed E-state index contributed by atoms with van der Waals surface area (Å²) in [5.41, 5.74) is 0. The molecule has 384 valence electrons. The van der Waals surface area contributed by atoms with Crippen molar-refractivity contribution in [3.63, 3.8) is 0 Å². The minimum absolute atomic E-state index is 0.142. The summed E-state index contributed by atoms with van der Waals surface area (Å²) < 4.78 is 16.7. The molecule has 0 saturated heterocycles. The quantitative estimate of drug-likeness (QED) is 0.0262. The van der Waals surface area contributed by atoms with Gasteiger partial charge in [-0.1, -0.05) is 211 Å². The molecule has 0 heterocycles. The summed E-state index contributed by atoms with van der Waals surface area (Å²) in [5, 5.41) is 0. The summed E-state index contributed by atoms with van der Waals surface area (Å²) in [4.78, 5) is 38.0. The molecule has 0 aromatic carbocycles. The zero-order valence-corrected chi connectivity index (χ0v) is 43.8. The van der Waals surface area contributed by atoms with Crippen LogP contribution in [0.2, 0.25) is 0 Å². The first-order valence-electron chi connectivity index (χ1n) is 27.0. The molecule has 0 aliphatic carbocycles. The van der Waals surface area contributed by atoms with Crippen molar-refractivity contribution < 1.29 is 28.6 Å². The second-order valence-corrected chi connectivity index (χ2v) is 17.0. The Morgan fingerprint density at radius 2 is 0.609 bits per heavy atom. The SMILES string of the molecule is CC/C=C\C/C=C\C/C=C\C/C=C\C/C=C\CCCC(=O)OC[C@H](COC(=O)CCCCCCC/C=C\C/C=C\C/C=C\CC)OC(=O)CC/C=C\C/C=C\C/C=C\C/C=C\C/C=C\CCCCC. The highest BCUT2D eigenvalue weighted by Gasteiger charge is 2.19. The average Bonchev–Trinajstić information content (AvgIpc) is 3.35. The Labute approximate surface area is 422 Å². The largest absolute Gasteiger partial charge is 0.462 e. The van der Waals surface area contributed by atoms with Crippen molar-refractivity contribution in [1.29, 1.82) is 0 Å². The fourth-order valence-corrected chi connectivity index (χ4v) is 6.53. The van der Waals surface area contributed by atoms with Crippen LogP contribution in [0.4, 0.5) is 0 Å². The zero-order valence-electron chi connectivity index (χ0n) is 43.8. The Kier molecular flexibility index (Phi) is 51.6. The lowest BCUT2D eigenvalue weighted by Crippen LogP contribution is -2.30. The number of carbonyl (C=O) groups is 3. The average molecular weight is 949 g/mol. The molecular weight excluding hydrogens is 853 g/mol. The van der Waals surface area contributed by atoms with Gasteiger partial charge in [0.15, 0.2) is 6.10 Å². The van der Waals surface area contributed by atoms with Crippen molar-refractivity contribution in [2.45, 2.75) is 207 Å². The summed E-state index contributed by atoms with van der Waals surface area (Å²) in [6.07, 6.45) is 81.0. The number of rotatable bonds is 46. The number of carbonyl (C=O) groups excluding carboxylic acids is 3. The maximum absolute atomic E-state index is 12.8. The minimum Gasteiger partial charge on any atom is -0.462 e. The van der Waals surface area contributed by atoms with E-state index in [0.717, 1.165) is 122 Å². The molecule has 0 bridgehead atoms. The third-order valence-electron chi connectivity index (χ3n) is 10.5. The van der Waals surface area contributed by atoms with E-state index in [9.17, 15) is 14.4 Å². The van der Waals surface area contributed by atoms with Crippen molar-refractivity contribution in [2.75, 3.05) is 13.2 Å². The highest BCUT2D eigenvalue weighted by Crippen LogP contribution is 2.11. The number of hydrogen-bond donors (Lipinski definition) is 0. The van der Waals surface area contributed by atoms with E-state index in [1.165, 1.54) is 25.7 Å². The van der Waals surface area contributed by atoms with Crippen LogP contribution in [0.15, 0.2) is 158 Å². The van der Waals surface area contributed by atoms with Gasteiger partial charge in [-0.25, -0.2) is 0 Å². The van der Waals surface area contributed by atoms with Gasteiger partial charge in [-0.2, -0.15) is 0 Å². The molecule has 69 heavy (non-hydrogen) atoms. The topological polar surface area (TPSA) is 78.9 Å². The molecule has 0 N–H and O–H groups in total. The molecule has 6 heteroatoms. The van der Waals surface area contributed by atoms with Gasteiger partial charge in [-0.15, -0.1) is 0 Å². The molecule has 0 aliphatic heterocycles. The Balaban J connectivity index is 4.66. The van der Waals surface area contributed by atoms with E-state index in [1.54, 1.807) is 0 Å². The summed E-state index contributed by atoms with van der Waals surface area (Å²) in [7, 11) is 0. The fraction of sp³-hybridized carbons (Fsp3) is 0.540. The molecule has 0 aromatic rings. The third-order valence-corrected chi connectivity index (χ3v) is 10.5. The molecule has 0 rings (SSSR count). The summed E-state index contributed by atoms with van der Waals surface area (Å²) in [6.45, 7) is 6.23. The third kappa shape index (κ3) is 53.8. The smallest absolute Gasteiger partial charge is 0.306 e. The Bertz CT molecular complexity index is 1610. The van der Waals surface area contributed by atoms with Gasteiger partial charge in [0.2, 0.25) is 0 Å². The molecule has 1 atom stereocenters. The number of esters is 3. The number of hydrogen-bond acceptors (Lipinski definition) is 6. The van der Waals surface area contributed by atoms with Crippen LogP contribution in [0.25, 0.3) is 0 Å². The van der Waals surface area contributed by atoms with E-state index in [4.69, 9.17) is 14.2 Å². The van der Waals surface area contributed by atoms with Gasteiger partial charge < -0.3 is 14.2 Å². The van der Waals surface area contributed by atoms with Gasteiger partial charge in [0.05, 0.1) is 0 Å². The van der Waals surface area contributed by atoms with Crippen LogP contribution in [0, 0.1) is 0 Å². The maximum atomic E-state index is 12.8. The highest BCUT2D eigenvalue weighted by atomic mass is 16.6. The van der Waals surface area contributed by atoms with Crippen LogP contribution in [0.5, 0.6) is 0 Å². The van der Waals surface area contributed by atoms with Crippen LogP contribution in [0.3, 0.4) is 0 Å². The van der Waals surface area contributed by atoms with Crippen molar-refractivity contribution in [2.24, 2.45) is 0 Å². The molecule has 0 fully saturated rings. The summed E-state index contributed by atoms with van der Waals surface area (Å²) >= 11 is 0. The molecule has 0 spiro atoms. The molecule has 6 nitrogen and oxygen atoms in total. The van der Waals surface area contributed by atoms with Crippen molar-refractivity contribution in [1.82, 2.24) is 0 Å². The molecular formula is C63H96O6. The number of unbranched alkanes of at least 4 members (excludes halogenated alkanes) is 9. The first kappa shape index (κ1) is 64.0. The Morgan fingerprint density at radius 1 is 0.304 bits per heavy atom. The van der Waals surface area contributed by atoms with Crippen LogP contribution in [0.1, 0.15) is 201 Å². The van der Waals surface area contributed by atoms with Gasteiger partial charge >= 0.3 is 17.9 Å². The van der Waals surface area contributed by atoms with E-state index in [-0.39, 0.29) is 38.0 Å². The standard InChI is InChI=1S/C63H96O6/c1-4-7-10-13-16-19-22-25-28-30-31-33-36-39-42-45-48-51-54-57-63(66)69-60(58-67-61(64)55-52-49-46-43-40-37-34-27-24-21-18-15-12-9-6-3)59-68-62(65)56-53-50-47-44-41-38-35-32-29-26-23-20-17-14-11-8-5-2/h8-9,11-12,16-21,25-29,31,33-35,38-39,42,44,47-48,51,60H,4-7,10,13-15,22-24,30,32,36-37,40-41,43,45-46,49-50,52-59H2,1-3H3/b11-8-,12-9-,19-16-,20-17-,21-18-,28-25-,29-26-,33-31-,34-27-,38-35-,42-39-,47-44-,51-48-/t60-/m0/s1. The maximum Gasteiger partial charge on any atom is 0.306 e. The lowest BCUT2D eigenvalue weighted by molar-refractivity contribution is -0.166. The monoisotopic (exact) mass is 949 g/mol. The molecule has 0 unspecified atom stereocenters. The van der Waals surface area contributed by atoms with Crippen LogP contribution in [-0.2, 0) is 28.6 Å². The zero-order chi connectivity index (χ0) is 50.0. The summed E-state index contributed by atoms with van der Waals surface area (Å²) in [5.74, 6) is -1.11. The fourth-order valence-electron chi connectivity index (χ4n) is 6.53. The van der Waals surface area contributed by atoms with E-state index >= 15 is 0 Å². The molecule has 0 amide bonds. The highest BCUT2D eigenvalue weighted by molar-refractivity contribution is 5.71. The van der Waals surface area contributed by atoms with Crippen LogP contribution in [-0.4, -0.2) is 37.2 Å². The Hall–Kier alpha value is -4.97. The van der Waals surface area contributed by atoms with E-state index in [1.807, 2.05) is 12.2 Å². The van der Waals surface area contributed by atoms with Gasteiger partial charge in [-0.3, -0.25) is 14.4 Å². The van der Waals surface area contributed by atoms with Gasteiger partial charge in [0.1, 0.15) is 13.2 Å². The van der Waals surface area contributed by atoms with Crippen LogP contribution >= 0.6 is 0 Å².